The van der Waals surface area contributed by atoms with E-state index in [-0.39, 0.29) is 5.92 Å². The number of carboxylic acids is 1. The molecule has 1 unspecified atom stereocenters. The Morgan fingerprint density at radius 1 is 1.47 bits per heavy atom. The van der Waals surface area contributed by atoms with Crippen molar-refractivity contribution in [2.75, 3.05) is 13.2 Å². The molecule has 1 aliphatic heterocycles. The fourth-order valence-corrected chi connectivity index (χ4v) is 1.63. The largest absolute Gasteiger partial charge is 0.480 e. The first-order valence-corrected chi connectivity index (χ1v) is 5.59. The molecule has 17 heavy (non-hydrogen) atoms. The zero-order valence-electron chi connectivity index (χ0n) is 10.4. The number of carbonyl (C=O) groups excluding carboxylic acids is 1. The lowest BCUT2D eigenvalue weighted by atomic mass is 9.99. The van der Waals surface area contributed by atoms with Gasteiger partial charge in [-0.15, -0.1) is 0 Å². The normalized spacial score (nSPS) is 21.9. The van der Waals surface area contributed by atoms with Gasteiger partial charge in [-0.2, -0.15) is 0 Å². The van der Waals surface area contributed by atoms with Crippen LogP contribution in [0.25, 0.3) is 0 Å². The molecule has 1 heterocycles. The molecular weight excluding hydrogens is 226 g/mol. The van der Waals surface area contributed by atoms with Crippen LogP contribution in [0.5, 0.6) is 0 Å². The summed E-state index contributed by atoms with van der Waals surface area (Å²) in [5, 5.41) is 11.4. The monoisotopic (exact) mass is 245 g/mol. The minimum absolute atomic E-state index is 0.194. The molecule has 0 aliphatic carbocycles. The molecule has 0 aromatic rings. The summed E-state index contributed by atoms with van der Waals surface area (Å²) >= 11 is 0. The summed E-state index contributed by atoms with van der Waals surface area (Å²) in [4.78, 5) is 22.6. The van der Waals surface area contributed by atoms with Crippen molar-refractivity contribution in [3.8, 4) is 0 Å². The second kappa shape index (κ2) is 5.35. The highest BCUT2D eigenvalue weighted by atomic mass is 16.6. The van der Waals surface area contributed by atoms with Crippen molar-refractivity contribution in [1.29, 1.82) is 0 Å². The van der Waals surface area contributed by atoms with Crippen LogP contribution in [0.3, 0.4) is 0 Å². The number of alkyl carbamates (subject to hydrolysis) is 1. The average Bonchev–Trinajstić information content (AvgIpc) is 2.63. The molecule has 1 saturated heterocycles. The van der Waals surface area contributed by atoms with Crippen LogP contribution in [0.1, 0.15) is 27.2 Å². The number of hydrogen-bond acceptors (Lipinski definition) is 4. The van der Waals surface area contributed by atoms with Crippen LogP contribution >= 0.6 is 0 Å². The molecule has 0 spiro atoms. The van der Waals surface area contributed by atoms with Crippen molar-refractivity contribution in [1.82, 2.24) is 5.32 Å². The highest BCUT2D eigenvalue weighted by Gasteiger charge is 2.33. The molecule has 0 saturated carbocycles. The number of hydrogen-bond donors (Lipinski definition) is 2. The number of nitrogens with one attached hydrogen (secondary N) is 1. The van der Waals surface area contributed by atoms with Crippen LogP contribution in [0.2, 0.25) is 0 Å². The van der Waals surface area contributed by atoms with Crippen molar-refractivity contribution < 1.29 is 24.2 Å². The van der Waals surface area contributed by atoms with Gasteiger partial charge in [0.05, 0.1) is 6.61 Å². The van der Waals surface area contributed by atoms with Crippen LogP contribution in [0, 0.1) is 5.92 Å². The first-order valence-electron chi connectivity index (χ1n) is 5.59. The van der Waals surface area contributed by atoms with Crippen molar-refractivity contribution in [2.24, 2.45) is 5.92 Å². The lowest BCUT2D eigenvalue weighted by Gasteiger charge is -2.24. The number of aliphatic carboxylic acids is 1. The van der Waals surface area contributed by atoms with Gasteiger partial charge in [0, 0.05) is 12.5 Å². The Balaban J connectivity index is 2.55. The lowest BCUT2D eigenvalue weighted by Crippen LogP contribution is -2.47. The van der Waals surface area contributed by atoms with E-state index in [1.165, 1.54) is 0 Å². The lowest BCUT2D eigenvalue weighted by molar-refractivity contribution is -0.141. The number of carbonyl (C=O) groups is 2. The Morgan fingerprint density at radius 2 is 2.12 bits per heavy atom. The van der Waals surface area contributed by atoms with Crippen LogP contribution in [-0.4, -0.2) is 42.0 Å². The maximum atomic E-state index is 11.5. The smallest absolute Gasteiger partial charge is 0.408 e. The topological polar surface area (TPSA) is 84.9 Å². The summed E-state index contributed by atoms with van der Waals surface area (Å²) in [5.74, 6) is -1.26. The van der Waals surface area contributed by atoms with Crippen LogP contribution in [0.4, 0.5) is 4.79 Å². The van der Waals surface area contributed by atoms with Gasteiger partial charge < -0.3 is 19.9 Å². The average molecular weight is 245 g/mol. The molecule has 2 N–H and O–H groups in total. The van der Waals surface area contributed by atoms with Gasteiger partial charge in [0.1, 0.15) is 11.6 Å². The Morgan fingerprint density at radius 3 is 2.53 bits per heavy atom. The second-order valence-corrected chi connectivity index (χ2v) is 5.09. The molecular formula is C11H19NO5. The van der Waals surface area contributed by atoms with Crippen LogP contribution in [0.15, 0.2) is 0 Å². The third-order valence-electron chi connectivity index (χ3n) is 2.37. The predicted molar refractivity (Wildman–Crippen MR) is 59.7 cm³/mol. The fourth-order valence-electron chi connectivity index (χ4n) is 1.63. The molecule has 1 fully saturated rings. The number of ether oxygens (including phenoxy) is 2. The molecule has 0 aromatic heterocycles. The summed E-state index contributed by atoms with van der Waals surface area (Å²) in [6, 6.07) is -0.952. The maximum absolute atomic E-state index is 11.5. The molecule has 0 radical (unpaired) electrons. The van der Waals surface area contributed by atoms with Gasteiger partial charge in [0.15, 0.2) is 0 Å². The molecule has 1 rings (SSSR count). The van der Waals surface area contributed by atoms with E-state index in [2.05, 4.69) is 5.32 Å². The first kappa shape index (κ1) is 13.8. The zero-order chi connectivity index (χ0) is 13.1. The Labute approximate surface area is 100 Å². The van der Waals surface area contributed by atoms with E-state index in [9.17, 15) is 9.59 Å². The summed E-state index contributed by atoms with van der Waals surface area (Å²) in [7, 11) is 0. The third-order valence-corrected chi connectivity index (χ3v) is 2.37. The quantitative estimate of drug-likeness (QED) is 0.774. The predicted octanol–water partition coefficient (Wildman–Crippen LogP) is 1.00. The van der Waals surface area contributed by atoms with Gasteiger partial charge in [0.25, 0.3) is 0 Å². The summed E-state index contributed by atoms with van der Waals surface area (Å²) in [5.41, 5.74) is -0.640. The van der Waals surface area contributed by atoms with Gasteiger partial charge in [-0.3, -0.25) is 0 Å². The van der Waals surface area contributed by atoms with E-state index in [0.29, 0.717) is 19.6 Å². The molecule has 1 aliphatic rings. The molecule has 0 bridgehead atoms. The van der Waals surface area contributed by atoms with E-state index in [0.717, 1.165) is 0 Å². The zero-order valence-corrected chi connectivity index (χ0v) is 10.4. The standard InChI is InChI=1S/C11H19NO5/c1-11(2,3)17-10(15)12-8(9(13)14)7-4-5-16-6-7/h7-8H,4-6H2,1-3H3,(H,12,15)(H,13,14)/t7?,8-/m0/s1. The molecule has 6 heteroatoms. The summed E-state index contributed by atoms with van der Waals surface area (Å²) < 4.78 is 10.1. The third kappa shape index (κ3) is 4.60. The Kier molecular flexibility index (Phi) is 4.34. The minimum atomic E-state index is -1.06. The first-order chi connectivity index (χ1) is 7.79. The fraction of sp³-hybridized carbons (Fsp3) is 0.818. The number of amides is 1. The molecule has 2 atom stereocenters. The van der Waals surface area contributed by atoms with E-state index >= 15 is 0 Å². The van der Waals surface area contributed by atoms with Gasteiger partial charge >= 0.3 is 12.1 Å². The van der Waals surface area contributed by atoms with Crippen molar-refractivity contribution >= 4 is 12.1 Å². The Bertz CT molecular complexity index is 291. The molecule has 1 amide bonds. The number of rotatable bonds is 3. The van der Waals surface area contributed by atoms with Crippen molar-refractivity contribution in [3.63, 3.8) is 0 Å². The summed E-state index contributed by atoms with van der Waals surface area (Å²) in [6.45, 7) is 6.06. The van der Waals surface area contributed by atoms with E-state index < -0.39 is 23.7 Å². The highest BCUT2D eigenvalue weighted by Crippen LogP contribution is 2.17. The SMILES string of the molecule is CC(C)(C)OC(=O)N[C@H](C(=O)O)C1CCOC1. The van der Waals surface area contributed by atoms with Crippen molar-refractivity contribution in [3.05, 3.63) is 0 Å². The van der Waals surface area contributed by atoms with Gasteiger partial charge in [0.2, 0.25) is 0 Å². The van der Waals surface area contributed by atoms with E-state index in [4.69, 9.17) is 14.6 Å². The molecule has 98 valence electrons. The van der Waals surface area contributed by atoms with Gasteiger partial charge in [-0.25, -0.2) is 9.59 Å². The van der Waals surface area contributed by atoms with E-state index in [1.54, 1.807) is 20.8 Å². The highest BCUT2D eigenvalue weighted by molar-refractivity contribution is 5.80. The second-order valence-electron chi connectivity index (χ2n) is 5.09. The number of carboxylic acid groups (broad SMARTS) is 1. The van der Waals surface area contributed by atoms with Gasteiger partial charge in [-0.1, -0.05) is 0 Å². The summed E-state index contributed by atoms with van der Waals surface area (Å²) in [6.07, 6.45) is -0.0796. The van der Waals surface area contributed by atoms with Gasteiger partial charge in [-0.05, 0) is 27.2 Å². The Hall–Kier alpha value is -1.30. The molecule has 0 aromatic carbocycles. The maximum Gasteiger partial charge on any atom is 0.408 e. The molecule has 6 nitrogen and oxygen atoms in total. The van der Waals surface area contributed by atoms with E-state index in [1.807, 2.05) is 0 Å². The van der Waals surface area contributed by atoms with Crippen LogP contribution < -0.4 is 5.32 Å². The minimum Gasteiger partial charge on any atom is -0.480 e. The van der Waals surface area contributed by atoms with Crippen LogP contribution in [-0.2, 0) is 14.3 Å². The van der Waals surface area contributed by atoms with Crippen molar-refractivity contribution in [2.45, 2.75) is 38.8 Å².